The van der Waals surface area contributed by atoms with E-state index in [1.165, 1.54) is 11.6 Å². The summed E-state index contributed by atoms with van der Waals surface area (Å²) in [5, 5.41) is 3.48. The number of halogens is 3. The van der Waals surface area contributed by atoms with Gasteiger partial charge in [0.2, 0.25) is 0 Å². The van der Waals surface area contributed by atoms with E-state index in [0.717, 1.165) is 6.07 Å². The molecule has 1 atom stereocenters. The van der Waals surface area contributed by atoms with Gasteiger partial charge in [0.05, 0.1) is 19.1 Å². The van der Waals surface area contributed by atoms with Crippen LogP contribution in [0.1, 0.15) is 37.7 Å². The first-order valence-electron chi connectivity index (χ1n) is 5.54. The van der Waals surface area contributed by atoms with Gasteiger partial charge in [0.15, 0.2) is 5.69 Å². The first-order valence-corrected chi connectivity index (χ1v) is 5.54. The number of rotatable bonds is 4. The molecule has 0 saturated carbocycles. The lowest BCUT2D eigenvalue weighted by molar-refractivity contribution is -0.144. The molecule has 1 heterocycles. The zero-order valence-corrected chi connectivity index (χ0v) is 10.4. The second-order valence-electron chi connectivity index (χ2n) is 3.97. The van der Waals surface area contributed by atoms with E-state index < -0.39 is 23.9 Å². The summed E-state index contributed by atoms with van der Waals surface area (Å²) >= 11 is 0. The van der Waals surface area contributed by atoms with Gasteiger partial charge in [0.1, 0.15) is 0 Å². The van der Waals surface area contributed by atoms with Crippen LogP contribution in [0.2, 0.25) is 0 Å². The standard InChI is InChI=1S/C11H15F3N2O2/c1-4-18-10(17)6-8(3)16-7(2)5-9(15-16)11(12,13)14/h5,8H,4,6H2,1-3H3/t8-/m1/s1. The Morgan fingerprint density at radius 3 is 2.61 bits per heavy atom. The number of hydrogen-bond acceptors (Lipinski definition) is 3. The average molecular weight is 264 g/mol. The Balaban J connectivity index is 2.83. The SMILES string of the molecule is CCOC(=O)C[C@@H](C)n1nc(C(F)(F)F)cc1C. The molecule has 7 heteroatoms. The van der Waals surface area contributed by atoms with Crippen LogP contribution in [0.5, 0.6) is 0 Å². The van der Waals surface area contributed by atoms with E-state index in [4.69, 9.17) is 4.74 Å². The molecule has 0 N–H and O–H groups in total. The van der Waals surface area contributed by atoms with Gasteiger partial charge < -0.3 is 4.74 Å². The molecule has 0 saturated heterocycles. The molecule has 18 heavy (non-hydrogen) atoms. The van der Waals surface area contributed by atoms with Crippen LogP contribution in [-0.2, 0) is 15.7 Å². The molecule has 0 aliphatic heterocycles. The minimum absolute atomic E-state index is 0.00629. The highest BCUT2D eigenvalue weighted by Crippen LogP contribution is 2.29. The number of alkyl halides is 3. The van der Waals surface area contributed by atoms with E-state index in [1.54, 1.807) is 13.8 Å². The smallest absolute Gasteiger partial charge is 0.435 e. The highest BCUT2D eigenvalue weighted by atomic mass is 19.4. The van der Waals surface area contributed by atoms with E-state index >= 15 is 0 Å². The zero-order valence-electron chi connectivity index (χ0n) is 10.4. The number of hydrogen-bond donors (Lipinski definition) is 0. The van der Waals surface area contributed by atoms with E-state index in [0.29, 0.717) is 5.69 Å². The Morgan fingerprint density at radius 2 is 2.17 bits per heavy atom. The molecule has 1 aromatic heterocycles. The maximum atomic E-state index is 12.5. The fraction of sp³-hybridized carbons (Fsp3) is 0.636. The molecule has 0 aliphatic rings. The van der Waals surface area contributed by atoms with E-state index in [2.05, 4.69) is 5.10 Å². The summed E-state index contributed by atoms with van der Waals surface area (Å²) in [5.41, 5.74) is -0.588. The van der Waals surface area contributed by atoms with Gasteiger partial charge >= 0.3 is 12.1 Å². The molecule has 1 aromatic rings. The molecular weight excluding hydrogens is 249 g/mol. The highest BCUT2D eigenvalue weighted by molar-refractivity contribution is 5.69. The molecule has 0 spiro atoms. The third-order valence-electron chi connectivity index (χ3n) is 2.40. The van der Waals surface area contributed by atoms with E-state index in [1.807, 2.05) is 0 Å². The quantitative estimate of drug-likeness (QED) is 0.785. The predicted molar refractivity (Wildman–Crippen MR) is 57.9 cm³/mol. The maximum Gasteiger partial charge on any atom is 0.435 e. The highest BCUT2D eigenvalue weighted by Gasteiger charge is 2.35. The van der Waals surface area contributed by atoms with Gasteiger partial charge in [-0.25, -0.2) is 0 Å². The van der Waals surface area contributed by atoms with Crippen LogP contribution >= 0.6 is 0 Å². The second-order valence-corrected chi connectivity index (χ2v) is 3.97. The zero-order chi connectivity index (χ0) is 13.9. The van der Waals surface area contributed by atoms with Gasteiger partial charge in [-0.3, -0.25) is 9.48 Å². The van der Waals surface area contributed by atoms with Gasteiger partial charge in [-0.05, 0) is 26.8 Å². The van der Waals surface area contributed by atoms with Crippen molar-refractivity contribution in [2.24, 2.45) is 0 Å². The molecule has 0 bridgehead atoms. The lowest BCUT2D eigenvalue weighted by Crippen LogP contribution is -2.16. The van der Waals surface area contributed by atoms with Crippen molar-refractivity contribution in [1.29, 1.82) is 0 Å². The minimum Gasteiger partial charge on any atom is -0.466 e. The molecular formula is C11H15F3N2O2. The first kappa shape index (κ1) is 14.5. The molecule has 0 aliphatic carbocycles. The summed E-state index contributed by atoms with van der Waals surface area (Å²) in [6.45, 7) is 5.06. The van der Waals surface area contributed by atoms with Crippen LogP contribution in [0.4, 0.5) is 13.2 Å². The Bertz CT molecular complexity index is 426. The van der Waals surface area contributed by atoms with Crippen molar-refractivity contribution in [1.82, 2.24) is 9.78 Å². The summed E-state index contributed by atoms with van der Waals surface area (Å²) in [7, 11) is 0. The Hall–Kier alpha value is -1.53. The fourth-order valence-corrected chi connectivity index (χ4v) is 1.62. The molecule has 1 rings (SSSR count). The fourth-order valence-electron chi connectivity index (χ4n) is 1.62. The molecule has 0 radical (unpaired) electrons. The monoisotopic (exact) mass is 264 g/mol. The van der Waals surface area contributed by atoms with Crippen molar-refractivity contribution < 1.29 is 22.7 Å². The number of esters is 1. The number of nitrogens with zero attached hydrogens (tertiary/aromatic N) is 2. The van der Waals surface area contributed by atoms with Gasteiger partial charge in [-0.1, -0.05) is 0 Å². The van der Waals surface area contributed by atoms with Crippen LogP contribution in [0.25, 0.3) is 0 Å². The summed E-state index contributed by atoms with van der Waals surface area (Å²) in [4.78, 5) is 11.3. The first-order chi connectivity index (χ1) is 8.25. The van der Waals surface area contributed by atoms with Crippen molar-refractivity contribution in [2.45, 2.75) is 39.4 Å². The summed E-state index contributed by atoms with van der Waals surface area (Å²) < 4.78 is 43.3. The summed E-state index contributed by atoms with van der Waals surface area (Å²) in [5.74, 6) is -0.451. The lowest BCUT2D eigenvalue weighted by atomic mass is 10.2. The molecule has 0 aromatic carbocycles. The summed E-state index contributed by atoms with van der Waals surface area (Å²) in [6.07, 6.45) is -4.48. The Kier molecular flexibility index (Phi) is 4.37. The van der Waals surface area contributed by atoms with Gasteiger partial charge in [-0.15, -0.1) is 0 Å². The van der Waals surface area contributed by atoms with Crippen molar-refractivity contribution in [3.63, 3.8) is 0 Å². The van der Waals surface area contributed by atoms with E-state index in [9.17, 15) is 18.0 Å². The predicted octanol–water partition coefficient (Wildman–Crippen LogP) is 2.72. The summed E-state index contributed by atoms with van der Waals surface area (Å²) in [6, 6.07) is 0.488. The number of aryl methyl sites for hydroxylation is 1. The Labute approximate surface area is 103 Å². The number of carbonyl (C=O) groups is 1. The molecule has 102 valence electrons. The molecule has 0 amide bonds. The van der Waals surface area contributed by atoms with Crippen LogP contribution < -0.4 is 0 Å². The third-order valence-corrected chi connectivity index (χ3v) is 2.40. The van der Waals surface area contributed by atoms with Gasteiger partial charge in [0.25, 0.3) is 0 Å². The number of carbonyl (C=O) groups excluding carboxylic acids is 1. The van der Waals surface area contributed by atoms with Crippen molar-refractivity contribution in [2.75, 3.05) is 6.61 Å². The minimum atomic E-state index is -4.47. The topological polar surface area (TPSA) is 44.1 Å². The Morgan fingerprint density at radius 1 is 1.56 bits per heavy atom. The molecule has 0 fully saturated rings. The third kappa shape index (κ3) is 3.48. The average Bonchev–Trinajstić information content (AvgIpc) is 2.60. The van der Waals surface area contributed by atoms with Crippen LogP contribution in [0, 0.1) is 6.92 Å². The number of ether oxygens (including phenoxy) is 1. The second kappa shape index (κ2) is 5.41. The van der Waals surface area contributed by atoms with Gasteiger partial charge in [0, 0.05) is 5.69 Å². The number of aromatic nitrogens is 2. The van der Waals surface area contributed by atoms with Crippen LogP contribution in [0.15, 0.2) is 6.07 Å². The van der Waals surface area contributed by atoms with Crippen molar-refractivity contribution >= 4 is 5.97 Å². The van der Waals surface area contributed by atoms with Crippen LogP contribution in [0.3, 0.4) is 0 Å². The van der Waals surface area contributed by atoms with E-state index in [-0.39, 0.29) is 13.0 Å². The van der Waals surface area contributed by atoms with Crippen LogP contribution in [-0.4, -0.2) is 22.4 Å². The normalized spacial score (nSPS) is 13.4. The van der Waals surface area contributed by atoms with Crippen molar-refractivity contribution in [3.8, 4) is 0 Å². The van der Waals surface area contributed by atoms with Crippen molar-refractivity contribution in [3.05, 3.63) is 17.5 Å². The van der Waals surface area contributed by atoms with Gasteiger partial charge in [-0.2, -0.15) is 18.3 Å². The lowest BCUT2D eigenvalue weighted by Gasteiger charge is -2.13. The maximum absolute atomic E-state index is 12.5. The molecule has 0 unspecified atom stereocenters. The molecule has 4 nitrogen and oxygen atoms in total. The largest absolute Gasteiger partial charge is 0.466 e.